The van der Waals surface area contributed by atoms with Crippen LogP contribution in [-0.2, 0) is 11.2 Å². The van der Waals surface area contributed by atoms with Gasteiger partial charge in [-0.05, 0) is 63.3 Å². The quantitative estimate of drug-likeness (QED) is 0.834. The van der Waals surface area contributed by atoms with E-state index in [9.17, 15) is 4.79 Å². The van der Waals surface area contributed by atoms with Crippen LogP contribution < -0.4 is 9.80 Å². The lowest BCUT2D eigenvalue weighted by atomic mass is 9.92. The predicted molar refractivity (Wildman–Crippen MR) is 104 cm³/mol. The minimum atomic E-state index is 0.108. The average molecular weight is 350 g/mol. The number of benzene rings is 1. The fourth-order valence-corrected chi connectivity index (χ4v) is 4.09. The molecule has 0 aliphatic carbocycles. The maximum atomic E-state index is 13.2. The second kappa shape index (κ2) is 7.06. The highest BCUT2D eigenvalue weighted by Gasteiger charge is 2.31. The summed E-state index contributed by atoms with van der Waals surface area (Å²) in [4.78, 5) is 17.4. The Bertz CT molecular complexity index is 794. The molecule has 1 aromatic heterocycles. The van der Waals surface area contributed by atoms with Crippen molar-refractivity contribution in [3.05, 3.63) is 47.2 Å². The molecule has 0 atom stereocenters. The van der Waals surface area contributed by atoms with Crippen LogP contribution in [0, 0.1) is 19.8 Å². The Labute approximate surface area is 155 Å². The Hall–Kier alpha value is -2.43. The molecule has 1 amide bonds. The summed E-state index contributed by atoms with van der Waals surface area (Å²) in [5.74, 6) is 1.32. The van der Waals surface area contributed by atoms with Gasteiger partial charge in [-0.3, -0.25) is 4.79 Å². The molecule has 0 spiro atoms. The van der Waals surface area contributed by atoms with Gasteiger partial charge in [0, 0.05) is 31.2 Å². The van der Waals surface area contributed by atoms with Gasteiger partial charge in [-0.25, -0.2) is 0 Å². The molecule has 26 heavy (non-hydrogen) atoms. The number of hydrogen-bond acceptors (Lipinski definition) is 4. The minimum Gasteiger partial charge on any atom is -0.355 e. The zero-order chi connectivity index (χ0) is 18.1. The van der Waals surface area contributed by atoms with E-state index in [1.165, 1.54) is 11.1 Å². The SMILES string of the molecule is Cc1ccc2c(c1)CCCN2C(=O)C1CCN(c2ccc(C)nn2)CC1. The van der Waals surface area contributed by atoms with Gasteiger partial charge in [0.05, 0.1) is 5.69 Å². The van der Waals surface area contributed by atoms with Crippen molar-refractivity contribution in [2.45, 2.75) is 39.5 Å². The first-order valence-electron chi connectivity index (χ1n) is 9.58. The molecule has 0 bridgehead atoms. The second-order valence-corrected chi connectivity index (χ2v) is 7.52. The summed E-state index contributed by atoms with van der Waals surface area (Å²) >= 11 is 0. The van der Waals surface area contributed by atoms with Crippen molar-refractivity contribution in [3.63, 3.8) is 0 Å². The van der Waals surface area contributed by atoms with Crippen LogP contribution in [0.3, 0.4) is 0 Å². The monoisotopic (exact) mass is 350 g/mol. The molecule has 0 radical (unpaired) electrons. The van der Waals surface area contributed by atoms with Gasteiger partial charge in [-0.2, -0.15) is 5.10 Å². The van der Waals surface area contributed by atoms with Gasteiger partial charge in [-0.15, -0.1) is 5.10 Å². The molecule has 5 nitrogen and oxygen atoms in total. The van der Waals surface area contributed by atoms with Gasteiger partial charge >= 0.3 is 0 Å². The fraction of sp³-hybridized carbons (Fsp3) is 0.476. The Balaban J connectivity index is 1.44. The number of fused-ring (bicyclic) bond motifs is 1. The molecular formula is C21H26N4O. The predicted octanol–water partition coefficient (Wildman–Crippen LogP) is 3.29. The van der Waals surface area contributed by atoms with Crippen molar-refractivity contribution in [3.8, 4) is 0 Å². The molecule has 2 aromatic rings. The largest absolute Gasteiger partial charge is 0.355 e. The first kappa shape index (κ1) is 17.0. The lowest BCUT2D eigenvalue weighted by Crippen LogP contribution is -2.44. The van der Waals surface area contributed by atoms with Crippen LogP contribution in [0.2, 0.25) is 0 Å². The number of piperidine rings is 1. The Morgan fingerprint density at radius 1 is 1.04 bits per heavy atom. The van der Waals surface area contributed by atoms with Gasteiger partial charge in [0.1, 0.15) is 0 Å². The van der Waals surface area contributed by atoms with Crippen LogP contribution in [0.25, 0.3) is 0 Å². The number of nitrogens with zero attached hydrogens (tertiary/aromatic N) is 4. The third-order valence-corrected chi connectivity index (χ3v) is 5.57. The number of hydrogen-bond donors (Lipinski definition) is 0. The van der Waals surface area contributed by atoms with E-state index in [4.69, 9.17) is 0 Å². The van der Waals surface area contributed by atoms with Crippen molar-refractivity contribution in [1.29, 1.82) is 0 Å². The van der Waals surface area contributed by atoms with E-state index in [2.05, 4.69) is 40.2 Å². The molecule has 5 heteroatoms. The summed E-state index contributed by atoms with van der Waals surface area (Å²) in [6.45, 7) is 6.63. The van der Waals surface area contributed by atoms with Crippen molar-refractivity contribution in [1.82, 2.24) is 10.2 Å². The molecule has 0 unspecified atom stereocenters. The molecule has 1 saturated heterocycles. The number of aryl methyl sites for hydroxylation is 3. The zero-order valence-electron chi connectivity index (χ0n) is 15.6. The summed E-state index contributed by atoms with van der Waals surface area (Å²) in [7, 11) is 0. The van der Waals surface area contributed by atoms with Crippen molar-refractivity contribution in [2.75, 3.05) is 29.4 Å². The normalized spacial score (nSPS) is 17.9. The van der Waals surface area contributed by atoms with Crippen LogP contribution in [0.15, 0.2) is 30.3 Å². The third kappa shape index (κ3) is 3.30. The van der Waals surface area contributed by atoms with Gasteiger partial charge in [0.15, 0.2) is 5.82 Å². The van der Waals surface area contributed by atoms with Gasteiger partial charge in [0.25, 0.3) is 0 Å². The Morgan fingerprint density at radius 2 is 1.85 bits per heavy atom. The zero-order valence-corrected chi connectivity index (χ0v) is 15.6. The number of anilines is 2. The van der Waals surface area contributed by atoms with Crippen LogP contribution in [0.5, 0.6) is 0 Å². The number of amides is 1. The highest BCUT2D eigenvalue weighted by Crippen LogP contribution is 2.31. The molecule has 2 aliphatic rings. The van der Waals surface area contributed by atoms with Crippen molar-refractivity contribution < 1.29 is 4.79 Å². The molecule has 1 aromatic carbocycles. The third-order valence-electron chi connectivity index (χ3n) is 5.57. The average Bonchev–Trinajstić information content (AvgIpc) is 2.67. The van der Waals surface area contributed by atoms with Gasteiger partial charge in [-0.1, -0.05) is 17.7 Å². The Morgan fingerprint density at radius 3 is 2.58 bits per heavy atom. The summed E-state index contributed by atoms with van der Waals surface area (Å²) in [5, 5.41) is 8.43. The van der Waals surface area contributed by atoms with Gasteiger partial charge < -0.3 is 9.80 Å². The van der Waals surface area contributed by atoms with Crippen LogP contribution >= 0.6 is 0 Å². The van der Waals surface area contributed by atoms with Crippen molar-refractivity contribution >= 4 is 17.4 Å². The first-order valence-corrected chi connectivity index (χ1v) is 9.58. The van der Waals surface area contributed by atoms with Crippen LogP contribution in [0.4, 0.5) is 11.5 Å². The number of carbonyl (C=O) groups is 1. The maximum Gasteiger partial charge on any atom is 0.230 e. The van der Waals surface area contributed by atoms with E-state index in [0.717, 1.165) is 62.5 Å². The van der Waals surface area contributed by atoms with E-state index in [-0.39, 0.29) is 5.92 Å². The summed E-state index contributed by atoms with van der Waals surface area (Å²) in [5.41, 5.74) is 4.64. The molecule has 136 valence electrons. The maximum absolute atomic E-state index is 13.2. The number of carbonyl (C=O) groups excluding carboxylic acids is 1. The van der Waals surface area contributed by atoms with E-state index in [0.29, 0.717) is 5.91 Å². The smallest absolute Gasteiger partial charge is 0.230 e. The highest BCUT2D eigenvalue weighted by molar-refractivity contribution is 5.96. The van der Waals surface area contributed by atoms with E-state index in [1.807, 2.05) is 24.0 Å². The lowest BCUT2D eigenvalue weighted by Gasteiger charge is -2.36. The minimum absolute atomic E-state index is 0.108. The number of rotatable bonds is 2. The Kier molecular flexibility index (Phi) is 4.62. The molecular weight excluding hydrogens is 324 g/mol. The van der Waals surface area contributed by atoms with Gasteiger partial charge in [0.2, 0.25) is 5.91 Å². The van der Waals surface area contributed by atoms with E-state index < -0.39 is 0 Å². The summed E-state index contributed by atoms with van der Waals surface area (Å²) < 4.78 is 0. The summed E-state index contributed by atoms with van der Waals surface area (Å²) in [6.07, 6.45) is 3.89. The highest BCUT2D eigenvalue weighted by atomic mass is 16.2. The first-order chi connectivity index (χ1) is 12.6. The molecule has 4 rings (SSSR count). The van der Waals surface area contributed by atoms with Crippen LogP contribution in [-0.4, -0.2) is 35.7 Å². The van der Waals surface area contributed by atoms with E-state index in [1.54, 1.807) is 0 Å². The molecule has 0 N–H and O–H groups in total. The van der Waals surface area contributed by atoms with Crippen LogP contribution in [0.1, 0.15) is 36.1 Å². The fourth-order valence-electron chi connectivity index (χ4n) is 4.09. The molecule has 0 saturated carbocycles. The lowest BCUT2D eigenvalue weighted by molar-refractivity contribution is -0.123. The second-order valence-electron chi connectivity index (χ2n) is 7.52. The molecule has 3 heterocycles. The molecule has 1 fully saturated rings. The molecule has 2 aliphatic heterocycles. The summed E-state index contributed by atoms with van der Waals surface area (Å²) in [6, 6.07) is 10.5. The topological polar surface area (TPSA) is 49.3 Å². The van der Waals surface area contributed by atoms with E-state index >= 15 is 0 Å². The standard InChI is InChI=1S/C21H26N4O/c1-15-5-7-19-18(14-15)4-3-11-25(19)21(26)17-9-12-24(13-10-17)20-8-6-16(2)22-23-20/h5-8,14,17H,3-4,9-13H2,1-2H3. The van der Waals surface area contributed by atoms with Crippen molar-refractivity contribution in [2.24, 2.45) is 5.92 Å². The number of aromatic nitrogens is 2.